The summed E-state index contributed by atoms with van der Waals surface area (Å²) < 4.78 is 0. The molecule has 6 heteroatoms. The van der Waals surface area contributed by atoms with Gasteiger partial charge in [-0.2, -0.15) is 0 Å². The zero-order valence-electron chi connectivity index (χ0n) is 27.2. The molecule has 0 aliphatic carbocycles. The van der Waals surface area contributed by atoms with Crippen LogP contribution >= 0.6 is 0 Å². The number of likely N-dealkylation sites (tertiary alicyclic amines) is 3. The predicted molar refractivity (Wildman–Crippen MR) is 186 cm³/mol. The van der Waals surface area contributed by atoms with Crippen LogP contribution in [0.3, 0.4) is 0 Å². The number of para-hydroxylation sites is 3. The number of nitrogens with zero attached hydrogens (tertiary/aromatic N) is 4. The summed E-state index contributed by atoms with van der Waals surface area (Å²) in [6, 6.07) is 37.0. The fourth-order valence-electron chi connectivity index (χ4n) is 11.5. The van der Waals surface area contributed by atoms with E-state index >= 15 is 0 Å². The van der Waals surface area contributed by atoms with Crippen molar-refractivity contribution in [3.05, 3.63) is 125 Å². The topological polar surface area (TPSA) is 37.0 Å². The molecule has 0 saturated carbocycles. The molecule has 6 aliphatic rings. The second-order valence-corrected chi connectivity index (χ2v) is 15.0. The van der Waals surface area contributed by atoms with E-state index in [0.29, 0.717) is 0 Å². The van der Waals surface area contributed by atoms with Crippen LogP contribution in [-0.2, 0) is 22.8 Å². The third-order valence-electron chi connectivity index (χ3n) is 13.2. The number of nitrogens with one attached hydrogen (secondary N) is 2. The van der Waals surface area contributed by atoms with Gasteiger partial charge in [0, 0.05) is 54.1 Å². The maximum Gasteiger partial charge on any atom is 0.0933 e. The van der Waals surface area contributed by atoms with E-state index in [1.54, 1.807) is 11.1 Å². The molecule has 6 nitrogen and oxygen atoms in total. The first-order valence-corrected chi connectivity index (χ1v) is 17.3. The Morgan fingerprint density at radius 3 is 2.11 bits per heavy atom. The van der Waals surface area contributed by atoms with Gasteiger partial charge in [-0.25, -0.2) is 0 Å². The SMILES string of the molecule is CN1CC[C@]2(c3cccc4c3N[C@@H]3N(C)CC[C@]43[C@@]34CCN(C)[C@@H]3N(Cc3ccccc3)c3ccccc34)c3ccccc3N[C@H]12. The van der Waals surface area contributed by atoms with Crippen LogP contribution in [-0.4, -0.2) is 74.0 Å². The van der Waals surface area contributed by atoms with E-state index in [-0.39, 0.29) is 34.7 Å². The molecule has 46 heavy (non-hydrogen) atoms. The fraction of sp³-hybridized carbons (Fsp3) is 0.400. The van der Waals surface area contributed by atoms with Crippen LogP contribution in [0.5, 0.6) is 0 Å². The Morgan fingerprint density at radius 1 is 0.587 bits per heavy atom. The van der Waals surface area contributed by atoms with Crippen LogP contribution in [0.15, 0.2) is 97.1 Å². The van der Waals surface area contributed by atoms with E-state index in [1.165, 1.54) is 33.8 Å². The van der Waals surface area contributed by atoms with E-state index in [0.717, 1.165) is 45.4 Å². The Hall–Kier alpha value is -3.84. The standard InChI is InChI=1S/C40H44N6/c1-43-23-20-38(28-14-7-9-18-32(28)41-35(38)43)30-16-11-17-31-34(30)42-36-39(31,21-24-44(36)2)40-22-25-45(3)37(40)46(26-27-12-5-4-6-13-27)33-19-10-8-15-29(33)40/h4-19,35-37,41-42H,20-26H2,1-3H3/t35-,36-,37-,38-,39+,40-/m1/s1. The summed E-state index contributed by atoms with van der Waals surface area (Å²) >= 11 is 0. The first-order valence-electron chi connectivity index (χ1n) is 17.3. The average molecular weight is 609 g/mol. The second kappa shape index (κ2) is 9.37. The molecular formula is C40H44N6. The van der Waals surface area contributed by atoms with Crippen LogP contribution in [0, 0.1) is 0 Å². The van der Waals surface area contributed by atoms with Gasteiger partial charge in [0.25, 0.3) is 0 Å². The Balaban J connectivity index is 1.21. The van der Waals surface area contributed by atoms with Gasteiger partial charge < -0.3 is 15.5 Å². The van der Waals surface area contributed by atoms with Gasteiger partial charge in [0.1, 0.15) is 0 Å². The van der Waals surface area contributed by atoms with Crippen molar-refractivity contribution >= 4 is 17.1 Å². The molecule has 0 aromatic heterocycles. The van der Waals surface area contributed by atoms with E-state index in [2.05, 4.69) is 148 Å². The summed E-state index contributed by atoms with van der Waals surface area (Å²) in [5.41, 5.74) is 11.3. The Morgan fingerprint density at radius 2 is 1.24 bits per heavy atom. The van der Waals surface area contributed by atoms with Gasteiger partial charge in [0.2, 0.25) is 0 Å². The van der Waals surface area contributed by atoms with Crippen molar-refractivity contribution in [3.63, 3.8) is 0 Å². The lowest BCUT2D eigenvalue weighted by atomic mass is 9.54. The monoisotopic (exact) mass is 608 g/mol. The number of rotatable bonds is 4. The minimum Gasteiger partial charge on any atom is -0.368 e. The molecule has 0 spiro atoms. The van der Waals surface area contributed by atoms with Crippen LogP contribution in [0.2, 0.25) is 0 Å². The lowest BCUT2D eigenvalue weighted by Gasteiger charge is -2.50. The number of fused-ring (bicyclic) bond motifs is 10. The normalized spacial score (nSPS) is 34.1. The molecule has 0 bridgehead atoms. The van der Waals surface area contributed by atoms with Crippen molar-refractivity contribution in [3.8, 4) is 0 Å². The van der Waals surface area contributed by atoms with Gasteiger partial charge in [0.15, 0.2) is 0 Å². The van der Waals surface area contributed by atoms with Crippen molar-refractivity contribution in [2.24, 2.45) is 0 Å². The Labute approximate surface area is 273 Å². The maximum absolute atomic E-state index is 4.32. The summed E-state index contributed by atoms with van der Waals surface area (Å²) in [7, 11) is 7.02. The molecule has 3 fully saturated rings. The molecule has 6 heterocycles. The van der Waals surface area contributed by atoms with Crippen molar-refractivity contribution < 1.29 is 0 Å². The molecule has 2 N–H and O–H groups in total. The minimum absolute atomic E-state index is 0.0468. The molecule has 6 aliphatic heterocycles. The highest BCUT2D eigenvalue weighted by Crippen LogP contribution is 2.69. The predicted octanol–water partition coefficient (Wildman–Crippen LogP) is 6.00. The number of benzene rings is 4. The molecule has 4 aromatic rings. The number of anilines is 3. The van der Waals surface area contributed by atoms with Crippen LogP contribution in [0.1, 0.15) is 47.1 Å². The first kappa shape index (κ1) is 27.3. The fourth-order valence-corrected chi connectivity index (χ4v) is 11.5. The van der Waals surface area contributed by atoms with E-state index in [1.807, 2.05) is 0 Å². The van der Waals surface area contributed by atoms with Gasteiger partial charge >= 0.3 is 0 Å². The van der Waals surface area contributed by atoms with E-state index in [9.17, 15) is 0 Å². The zero-order valence-corrected chi connectivity index (χ0v) is 27.2. The molecule has 0 amide bonds. The first-order chi connectivity index (χ1) is 22.5. The zero-order chi connectivity index (χ0) is 30.8. The van der Waals surface area contributed by atoms with Gasteiger partial charge in [-0.1, -0.05) is 84.9 Å². The summed E-state index contributed by atoms with van der Waals surface area (Å²) in [5.74, 6) is 0. The third-order valence-corrected chi connectivity index (χ3v) is 13.2. The van der Waals surface area contributed by atoms with Crippen LogP contribution < -0.4 is 15.5 Å². The molecule has 4 aromatic carbocycles. The molecule has 234 valence electrons. The van der Waals surface area contributed by atoms with Crippen LogP contribution in [0.4, 0.5) is 17.1 Å². The van der Waals surface area contributed by atoms with Crippen LogP contribution in [0.25, 0.3) is 0 Å². The van der Waals surface area contributed by atoms with E-state index < -0.39 is 0 Å². The molecule has 3 saturated heterocycles. The third kappa shape index (κ3) is 3.09. The summed E-state index contributed by atoms with van der Waals surface area (Å²) in [6.07, 6.45) is 4.21. The summed E-state index contributed by atoms with van der Waals surface area (Å²) in [5, 5.41) is 8.28. The lowest BCUT2D eigenvalue weighted by Crippen LogP contribution is -2.61. The second-order valence-electron chi connectivity index (χ2n) is 15.0. The summed E-state index contributed by atoms with van der Waals surface area (Å²) in [6.45, 7) is 4.21. The number of hydrogen-bond donors (Lipinski definition) is 2. The smallest absolute Gasteiger partial charge is 0.0933 e. The van der Waals surface area contributed by atoms with Crippen molar-refractivity contribution in [2.75, 3.05) is 56.3 Å². The Bertz CT molecular complexity index is 1860. The molecule has 10 rings (SSSR count). The number of hydrogen-bond acceptors (Lipinski definition) is 6. The highest BCUT2D eigenvalue weighted by Gasteiger charge is 2.73. The quantitative estimate of drug-likeness (QED) is 0.296. The van der Waals surface area contributed by atoms with Crippen molar-refractivity contribution in [1.29, 1.82) is 0 Å². The van der Waals surface area contributed by atoms with Crippen molar-refractivity contribution in [2.45, 2.75) is 60.5 Å². The highest BCUT2D eigenvalue weighted by molar-refractivity contribution is 5.79. The maximum atomic E-state index is 4.32. The minimum atomic E-state index is -0.0848. The highest BCUT2D eigenvalue weighted by atomic mass is 15.4. The molecule has 0 radical (unpaired) electrons. The van der Waals surface area contributed by atoms with Crippen molar-refractivity contribution in [1.82, 2.24) is 14.7 Å². The summed E-state index contributed by atoms with van der Waals surface area (Å²) in [4.78, 5) is 10.6. The Kier molecular flexibility index (Phi) is 5.56. The molecule has 6 atom stereocenters. The van der Waals surface area contributed by atoms with Gasteiger partial charge in [-0.3, -0.25) is 14.7 Å². The lowest BCUT2D eigenvalue weighted by molar-refractivity contribution is 0.133. The molecular weight excluding hydrogens is 564 g/mol. The van der Waals surface area contributed by atoms with E-state index in [4.69, 9.17) is 0 Å². The largest absolute Gasteiger partial charge is 0.368 e. The van der Waals surface area contributed by atoms with Gasteiger partial charge in [0.05, 0.1) is 23.9 Å². The van der Waals surface area contributed by atoms with Gasteiger partial charge in [-0.05, 0) is 80.4 Å². The average Bonchev–Trinajstić information content (AvgIpc) is 3.90. The molecule has 0 unspecified atom stereocenters. The van der Waals surface area contributed by atoms with Gasteiger partial charge in [-0.15, -0.1) is 0 Å². The number of likely N-dealkylation sites (N-methyl/N-ethyl adjacent to an activating group) is 3.